The lowest BCUT2D eigenvalue weighted by atomic mass is 10.1. The van der Waals surface area contributed by atoms with Crippen LogP contribution in [-0.2, 0) is 4.74 Å². The van der Waals surface area contributed by atoms with E-state index in [-0.39, 0.29) is 0 Å². The number of rotatable bonds is 5. The molecule has 1 N–H and O–H groups in total. The van der Waals surface area contributed by atoms with E-state index >= 15 is 0 Å². The Bertz CT molecular complexity index is 73.7. The Labute approximate surface area is 64.0 Å². The Kier molecular flexibility index (Phi) is 5.64. The van der Waals surface area contributed by atoms with Crippen molar-refractivity contribution in [3.05, 3.63) is 0 Å². The van der Waals surface area contributed by atoms with Gasteiger partial charge in [-0.05, 0) is 19.4 Å². The van der Waals surface area contributed by atoms with Gasteiger partial charge in [-0.15, -0.1) is 0 Å². The zero-order valence-electron chi connectivity index (χ0n) is 7.48. The minimum absolute atomic E-state index is 0.380. The fraction of sp³-hybridized carbons (Fsp3) is 1.00. The standard InChI is InChI=1S/C8H19NO/c1-7(2)5-8(10-4)6-9-3/h7-9H,5-6H2,1-4H3. The van der Waals surface area contributed by atoms with Crippen LogP contribution in [0.3, 0.4) is 0 Å². The molecule has 0 fully saturated rings. The summed E-state index contributed by atoms with van der Waals surface area (Å²) in [5.41, 5.74) is 0. The van der Waals surface area contributed by atoms with Crippen molar-refractivity contribution < 1.29 is 4.74 Å². The van der Waals surface area contributed by atoms with Crippen molar-refractivity contribution in [2.45, 2.75) is 26.4 Å². The van der Waals surface area contributed by atoms with Gasteiger partial charge in [0.05, 0.1) is 6.10 Å². The topological polar surface area (TPSA) is 21.3 Å². The summed E-state index contributed by atoms with van der Waals surface area (Å²) in [6.45, 7) is 5.37. The highest BCUT2D eigenvalue weighted by atomic mass is 16.5. The van der Waals surface area contributed by atoms with Crippen LogP contribution in [0.1, 0.15) is 20.3 Å². The summed E-state index contributed by atoms with van der Waals surface area (Å²) in [6.07, 6.45) is 1.52. The van der Waals surface area contributed by atoms with Crippen molar-refractivity contribution in [1.29, 1.82) is 0 Å². The molecule has 0 saturated heterocycles. The van der Waals surface area contributed by atoms with Crippen molar-refractivity contribution >= 4 is 0 Å². The zero-order chi connectivity index (χ0) is 7.98. The van der Waals surface area contributed by atoms with Gasteiger partial charge >= 0.3 is 0 Å². The van der Waals surface area contributed by atoms with Gasteiger partial charge in [0, 0.05) is 13.7 Å². The quantitative estimate of drug-likeness (QED) is 0.629. The molecule has 0 radical (unpaired) electrons. The fourth-order valence-corrected chi connectivity index (χ4v) is 1.02. The third kappa shape index (κ3) is 4.77. The molecule has 0 aromatic heterocycles. The number of hydrogen-bond donors (Lipinski definition) is 1. The first-order chi connectivity index (χ1) is 4.70. The molecule has 2 heteroatoms. The molecule has 0 aliphatic rings. The first-order valence-corrected chi connectivity index (χ1v) is 3.88. The Morgan fingerprint density at radius 2 is 2.00 bits per heavy atom. The maximum absolute atomic E-state index is 5.24. The van der Waals surface area contributed by atoms with Crippen LogP contribution in [0.4, 0.5) is 0 Å². The summed E-state index contributed by atoms with van der Waals surface area (Å²) in [5, 5.41) is 3.10. The second-order valence-corrected chi connectivity index (χ2v) is 3.04. The first-order valence-electron chi connectivity index (χ1n) is 3.88. The Balaban J connectivity index is 3.39. The van der Waals surface area contributed by atoms with Crippen LogP contribution in [0.25, 0.3) is 0 Å². The highest BCUT2D eigenvalue weighted by molar-refractivity contribution is 4.61. The summed E-state index contributed by atoms with van der Waals surface area (Å²) >= 11 is 0. The highest BCUT2D eigenvalue weighted by Gasteiger charge is 2.07. The van der Waals surface area contributed by atoms with Gasteiger partial charge in [0.25, 0.3) is 0 Å². The molecule has 1 unspecified atom stereocenters. The van der Waals surface area contributed by atoms with Crippen molar-refractivity contribution in [2.75, 3.05) is 20.7 Å². The molecule has 62 valence electrons. The van der Waals surface area contributed by atoms with Gasteiger partial charge in [0.1, 0.15) is 0 Å². The fourth-order valence-electron chi connectivity index (χ4n) is 1.02. The minimum Gasteiger partial charge on any atom is -0.380 e. The van der Waals surface area contributed by atoms with Gasteiger partial charge in [-0.1, -0.05) is 13.8 Å². The number of hydrogen-bond acceptors (Lipinski definition) is 2. The second-order valence-electron chi connectivity index (χ2n) is 3.04. The summed E-state index contributed by atoms with van der Waals surface area (Å²) in [6, 6.07) is 0. The molecule has 0 rings (SSSR count). The van der Waals surface area contributed by atoms with E-state index in [4.69, 9.17) is 4.74 Å². The Hall–Kier alpha value is -0.0800. The second kappa shape index (κ2) is 5.69. The number of ether oxygens (including phenoxy) is 1. The van der Waals surface area contributed by atoms with Crippen LogP contribution in [0, 0.1) is 5.92 Å². The predicted octanol–water partition coefficient (Wildman–Crippen LogP) is 1.27. The lowest BCUT2D eigenvalue weighted by Gasteiger charge is -2.16. The van der Waals surface area contributed by atoms with E-state index in [0.717, 1.165) is 18.9 Å². The Morgan fingerprint density at radius 3 is 2.30 bits per heavy atom. The van der Waals surface area contributed by atoms with Crippen LogP contribution in [0.15, 0.2) is 0 Å². The smallest absolute Gasteiger partial charge is 0.0698 e. The predicted molar refractivity (Wildman–Crippen MR) is 44.2 cm³/mol. The number of likely N-dealkylation sites (N-methyl/N-ethyl adjacent to an activating group) is 1. The minimum atomic E-state index is 0.380. The van der Waals surface area contributed by atoms with Gasteiger partial charge in [-0.2, -0.15) is 0 Å². The van der Waals surface area contributed by atoms with E-state index in [2.05, 4.69) is 19.2 Å². The molecular formula is C8H19NO. The molecule has 0 aromatic carbocycles. The average Bonchev–Trinajstić information content (AvgIpc) is 1.86. The normalized spacial score (nSPS) is 14.1. The van der Waals surface area contributed by atoms with Crippen LogP contribution < -0.4 is 5.32 Å². The Morgan fingerprint density at radius 1 is 1.40 bits per heavy atom. The van der Waals surface area contributed by atoms with Gasteiger partial charge in [-0.3, -0.25) is 0 Å². The van der Waals surface area contributed by atoms with E-state index < -0.39 is 0 Å². The highest BCUT2D eigenvalue weighted by Crippen LogP contribution is 2.05. The molecule has 0 spiro atoms. The molecule has 0 bridgehead atoms. The van der Waals surface area contributed by atoms with Crippen molar-refractivity contribution in [3.8, 4) is 0 Å². The lowest BCUT2D eigenvalue weighted by molar-refractivity contribution is 0.0856. The molecule has 0 saturated carbocycles. The van der Waals surface area contributed by atoms with Crippen molar-refractivity contribution in [3.63, 3.8) is 0 Å². The zero-order valence-corrected chi connectivity index (χ0v) is 7.48. The molecule has 0 heterocycles. The molecule has 0 aromatic rings. The average molecular weight is 145 g/mol. The number of nitrogens with one attached hydrogen (secondary N) is 1. The third-order valence-electron chi connectivity index (χ3n) is 1.50. The van der Waals surface area contributed by atoms with Crippen molar-refractivity contribution in [2.24, 2.45) is 5.92 Å². The van der Waals surface area contributed by atoms with Gasteiger partial charge in [0.2, 0.25) is 0 Å². The molecule has 1 atom stereocenters. The maximum Gasteiger partial charge on any atom is 0.0698 e. The molecule has 2 nitrogen and oxygen atoms in total. The summed E-state index contributed by atoms with van der Waals surface area (Å²) in [7, 11) is 3.72. The molecule has 0 aliphatic heterocycles. The summed E-state index contributed by atoms with van der Waals surface area (Å²) in [4.78, 5) is 0. The van der Waals surface area contributed by atoms with Gasteiger partial charge in [-0.25, -0.2) is 0 Å². The van der Waals surface area contributed by atoms with E-state index in [1.807, 2.05) is 7.05 Å². The molecular weight excluding hydrogens is 126 g/mol. The molecule has 0 amide bonds. The molecule has 0 aliphatic carbocycles. The van der Waals surface area contributed by atoms with Crippen LogP contribution in [0.2, 0.25) is 0 Å². The van der Waals surface area contributed by atoms with Gasteiger partial charge in [0.15, 0.2) is 0 Å². The first kappa shape index (κ1) is 9.92. The van der Waals surface area contributed by atoms with Gasteiger partial charge < -0.3 is 10.1 Å². The SMILES string of the molecule is CNCC(CC(C)C)OC. The van der Waals surface area contributed by atoms with E-state index in [1.165, 1.54) is 0 Å². The number of methoxy groups -OCH3 is 1. The molecule has 10 heavy (non-hydrogen) atoms. The van der Waals surface area contributed by atoms with E-state index in [1.54, 1.807) is 7.11 Å². The maximum atomic E-state index is 5.24. The third-order valence-corrected chi connectivity index (χ3v) is 1.50. The summed E-state index contributed by atoms with van der Waals surface area (Å²) < 4.78 is 5.24. The summed E-state index contributed by atoms with van der Waals surface area (Å²) in [5.74, 6) is 0.721. The van der Waals surface area contributed by atoms with E-state index in [9.17, 15) is 0 Å². The monoisotopic (exact) mass is 145 g/mol. The van der Waals surface area contributed by atoms with Crippen LogP contribution in [-0.4, -0.2) is 26.8 Å². The van der Waals surface area contributed by atoms with Crippen LogP contribution in [0.5, 0.6) is 0 Å². The largest absolute Gasteiger partial charge is 0.380 e. The van der Waals surface area contributed by atoms with E-state index in [0.29, 0.717) is 6.10 Å². The lowest BCUT2D eigenvalue weighted by Crippen LogP contribution is -2.26. The van der Waals surface area contributed by atoms with Crippen LogP contribution >= 0.6 is 0 Å². The van der Waals surface area contributed by atoms with Crippen molar-refractivity contribution in [1.82, 2.24) is 5.32 Å².